The number of aromatic hydroxyl groups is 3. The van der Waals surface area contributed by atoms with Crippen molar-refractivity contribution in [3.8, 4) is 23.0 Å². The molecule has 18 heavy (non-hydrogen) atoms. The third kappa shape index (κ3) is 2.52. The highest BCUT2D eigenvalue weighted by atomic mass is 16.5. The zero-order valence-corrected chi connectivity index (χ0v) is 9.20. The number of hydrogen-bond acceptors (Lipinski definition) is 5. The van der Waals surface area contributed by atoms with Gasteiger partial charge < -0.3 is 20.1 Å². The Morgan fingerprint density at radius 3 is 2.17 bits per heavy atom. The van der Waals surface area contributed by atoms with Crippen LogP contribution in [0, 0.1) is 0 Å². The monoisotopic (exact) mass is 246 g/mol. The third-order valence-corrected chi connectivity index (χ3v) is 2.25. The molecule has 0 unspecified atom stereocenters. The SMILES string of the molecule is O=C(Oc1ccc(O)cc1)c1cc(O)ccc1O. The normalized spacial score (nSPS) is 10.0. The zero-order valence-electron chi connectivity index (χ0n) is 9.20. The first-order valence-corrected chi connectivity index (χ1v) is 5.09. The highest BCUT2D eigenvalue weighted by Crippen LogP contribution is 2.24. The molecule has 5 heteroatoms. The summed E-state index contributed by atoms with van der Waals surface area (Å²) in [5.41, 5.74) is -0.136. The van der Waals surface area contributed by atoms with E-state index in [4.69, 9.17) is 9.84 Å². The van der Waals surface area contributed by atoms with Crippen LogP contribution in [-0.4, -0.2) is 21.3 Å². The van der Waals surface area contributed by atoms with Gasteiger partial charge in [0.05, 0.1) is 0 Å². The van der Waals surface area contributed by atoms with Crippen molar-refractivity contribution < 1.29 is 24.9 Å². The maximum Gasteiger partial charge on any atom is 0.347 e. The predicted molar refractivity (Wildman–Crippen MR) is 62.8 cm³/mol. The Morgan fingerprint density at radius 2 is 1.50 bits per heavy atom. The lowest BCUT2D eigenvalue weighted by Gasteiger charge is -2.06. The summed E-state index contributed by atoms with van der Waals surface area (Å²) in [4.78, 5) is 11.7. The van der Waals surface area contributed by atoms with Crippen LogP contribution in [0.25, 0.3) is 0 Å². The van der Waals surface area contributed by atoms with E-state index in [9.17, 15) is 15.0 Å². The largest absolute Gasteiger partial charge is 0.508 e. The number of phenols is 3. The first-order chi connectivity index (χ1) is 8.56. The van der Waals surface area contributed by atoms with Crippen LogP contribution in [0.1, 0.15) is 10.4 Å². The van der Waals surface area contributed by atoms with E-state index in [0.717, 1.165) is 6.07 Å². The van der Waals surface area contributed by atoms with Gasteiger partial charge in [0, 0.05) is 0 Å². The van der Waals surface area contributed by atoms with E-state index < -0.39 is 5.97 Å². The van der Waals surface area contributed by atoms with Crippen LogP contribution in [0.5, 0.6) is 23.0 Å². The molecule has 0 saturated carbocycles. The molecule has 0 aliphatic rings. The van der Waals surface area contributed by atoms with Crippen LogP contribution in [0.4, 0.5) is 0 Å². The van der Waals surface area contributed by atoms with Gasteiger partial charge in [-0.25, -0.2) is 4.79 Å². The number of ether oxygens (including phenoxy) is 1. The van der Waals surface area contributed by atoms with Gasteiger partial charge in [-0.05, 0) is 42.5 Å². The minimum Gasteiger partial charge on any atom is -0.508 e. The number of carbonyl (C=O) groups is 1. The smallest absolute Gasteiger partial charge is 0.347 e. The van der Waals surface area contributed by atoms with Gasteiger partial charge in [0.1, 0.15) is 28.6 Å². The van der Waals surface area contributed by atoms with E-state index in [1.807, 2.05) is 0 Å². The van der Waals surface area contributed by atoms with Crippen molar-refractivity contribution in [2.45, 2.75) is 0 Å². The van der Waals surface area contributed by atoms with Crippen molar-refractivity contribution >= 4 is 5.97 Å². The van der Waals surface area contributed by atoms with E-state index in [-0.39, 0.29) is 28.6 Å². The van der Waals surface area contributed by atoms with Crippen molar-refractivity contribution in [2.24, 2.45) is 0 Å². The summed E-state index contributed by atoms with van der Waals surface area (Å²) in [7, 11) is 0. The highest BCUT2D eigenvalue weighted by molar-refractivity contribution is 5.94. The molecule has 0 aliphatic heterocycles. The van der Waals surface area contributed by atoms with Gasteiger partial charge in [-0.1, -0.05) is 0 Å². The Labute approximate surface area is 103 Å². The zero-order chi connectivity index (χ0) is 13.1. The first-order valence-electron chi connectivity index (χ1n) is 5.09. The fraction of sp³-hybridized carbons (Fsp3) is 0. The van der Waals surface area contributed by atoms with Crippen molar-refractivity contribution in [2.75, 3.05) is 0 Å². The van der Waals surface area contributed by atoms with Crippen LogP contribution >= 0.6 is 0 Å². The summed E-state index contributed by atoms with van der Waals surface area (Å²) in [6.45, 7) is 0. The van der Waals surface area contributed by atoms with Crippen molar-refractivity contribution in [1.29, 1.82) is 0 Å². The van der Waals surface area contributed by atoms with E-state index in [0.29, 0.717) is 0 Å². The van der Waals surface area contributed by atoms with Gasteiger partial charge in [-0.15, -0.1) is 0 Å². The van der Waals surface area contributed by atoms with Gasteiger partial charge in [0.2, 0.25) is 0 Å². The van der Waals surface area contributed by atoms with E-state index in [1.54, 1.807) is 0 Å². The standard InChI is InChI=1S/C13H10O5/c14-8-1-4-10(5-2-8)18-13(17)11-7-9(15)3-6-12(11)16/h1-7,14-16H. The molecule has 0 aliphatic carbocycles. The molecule has 5 nitrogen and oxygen atoms in total. The van der Waals surface area contributed by atoms with Gasteiger partial charge in [-0.2, -0.15) is 0 Å². The maximum absolute atomic E-state index is 11.7. The molecule has 0 amide bonds. The van der Waals surface area contributed by atoms with Crippen molar-refractivity contribution in [3.63, 3.8) is 0 Å². The third-order valence-electron chi connectivity index (χ3n) is 2.25. The molecule has 0 heterocycles. The summed E-state index contributed by atoms with van der Waals surface area (Å²) in [6, 6.07) is 9.11. The lowest BCUT2D eigenvalue weighted by atomic mass is 10.2. The average Bonchev–Trinajstić information content (AvgIpc) is 2.35. The number of benzene rings is 2. The molecule has 92 valence electrons. The van der Waals surface area contributed by atoms with Crippen LogP contribution < -0.4 is 4.74 Å². The Hall–Kier alpha value is -2.69. The second-order valence-corrected chi connectivity index (χ2v) is 3.58. The summed E-state index contributed by atoms with van der Waals surface area (Å²) < 4.78 is 4.97. The molecule has 2 rings (SSSR count). The lowest BCUT2D eigenvalue weighted by molar-refractivity contribution is 0.0731. The molecule has 0 spiro atoms. The molecule has 2 aromatic rings. The summed E-state index contributed by atoms with van der Waals surface area (Å²) in [6.07, 6.45) is 0. The molecule has 2 aromatic carbocycles. The van der Waals surface area contributed by atoms with Gasteiger partial charge in [-0.3, -0.25) is 0 Å². The Bertz CT molecular complexity index is 574. The summed E-state index contributed by atoms with van der Waals surface area (Å²) >= 11 is 0. The molecule has 0 fully saturated rings. The number of hydrogen-bond donors (Lipinski definition) is 3. The second kappa shape index (κ2) is 4.67. The Balaban J connectivity index is 2.21. The fourth-order valence-corrected chi connectivity index (χ4v) is 1.36. The van der Waals surface area contributed by atoms with Crippen molar-refractivity contribution in [1.82, 2.24) is 0 Å². The minimum atomic E-state index is -0.797. The molecule has 3 N–H and O–H groups in total. The van der Waals surface area contributed by atoms with E-state index >= 15 is 0 Å². The topological polar surface area (TPSA) is 87.0 Å². The summed E-state index contributed by atoms with van der Waals surface area (Å²) in [5.74, 6) is -0.952. The first kappa shape index (κ1) is 11.8. The Kier molecular flexibility index (Phi) is 3.05. The van der Waals surface area contributed by atoms with E-state index in [2.05, 4.69) is 0 Å². The molecule has 0 bridgehead atoms. The van der Waals surface area contributed by atoms with Gasteiger partial charge in [0.25, 0.3) is 0 Å². The summed E-state index contributed by atoms with van der Waals surface area (Å²) in [5, 5.41) is 27.8. The highest BCUT2D eigenvalue weighted by Gasteiger charge is 2.14. The molecule has 0 aromatic heterocycles. The minimum absolute atomic E-state index is 0.0509. The Morgan fingerprint density at radius 1 is 0.889 bits per heavy atom. The van der Waals surface area contributed by atoms with Gasteiger partial charge in [0.15, 0.2) is 0 Å². The molecular formula is C13H10O5. The maximum atomic E-state index is 11.7. The van der Waals surface area contributed by atoms with Crippen LogP contribution in [-0.2, 0) is 0 Å². The van der Waals surface area contributed by atoms with Crippen LogP contribution in [0.15, 0.2) is 42.5 Å². The molecular weight excluding hydrogens is 236 g/mol. The fourth-order valence-electron chi connectivity index (χ4n) is 1.36. The number of phenolic OH excluding ortho intramolecular Hbond substituents is 3. The second-order valence-electron chi connectivity index (χ2n) is 3.58. The molecule has 0 saturated heterocycles. The van der Waals surface area contributed by atoms with Crippen LogP contribution in [0.3, 0.4) is 0 Å². The van der Waals surface area contributed by atoms with Gasteiger partial charge >= 0.3 is 5.97 Å². The average molecular weight is 246 g/mol. The van der Waals surface area contributed by atoms with Crippen LogP contribution in [0.2, 0.25) is 0 Å². The predicted octanol–water partition coefficient (Wildman–Crippen LogP) is 2.02. The number of esters is 1. The van der Waals surface area contributed by atoms with E-state index in [1.165, 1.54) is 36.4 Å². The molecule has 0 radical (unpaired) electrons. The van der Waals surface area contributed by atoms with Crippen molar-refractivity contribution in [3.05, 3.63) is 48.0 Å². The molecule has 0 atom stereocenters. The lowest BCUT2D eigenvalue weighted by Crippen LogP contribution is -2.08. The number of carbonyl (C=O) groups excluding carboxylic acids is 1. The quantitative estimate of drug-likeness (QED) is 0.428. The number of rotatable bonds is 2.